The lowest BCUT2D eigenvalue weighted by molar-refractivity contribution is 0.795. The minimum Gasteiger partial charge on any atom is -0.200 e. The van der Waals surface area contributed by atoms with Gasteiger partial charge in [-0.15, -0.1) is 0 Å². The molecule has 0 N–H and O–H groups in total. The average Bonchev–Trinajstić information content (AvgIpc) is 2.91. The zero-order valence-electron chi connectivity index (χ0n) is 23.0. The van der Waals surface area contributed by atoms with Crippen LogP contribution in [0.5, 0.6) is 0 Å². The van der Waals surface area contributed by atoms with Crippen molar-refractivity contribution in [1.29, 1.82) is 0 Å². The fraction of sp³-hybridized carbons (Fsp3) is 0.471. The van der Waals surface area contributed by atoms with Gasteiger partial charge in [0.15, 0.2) is 0 Å². The van der Waals surface area contributed by atoms with Gasteiger partial charge in [0, 0.05) is 0 Å². The summed E-state index contributed by atoms with van der Waals surface area (Å²) in [6.07, 6.45) is 13.8. The van der Waals surface area contributed by atoms with E-state index in [1.807, 2.05) is 0 Å². The monoisotopic (exact) mass is 467 g/mol. The van der Waals surface area contributed by atoms with Gasteiger partial charge in [0.25, 0.3) is 0 Å². The van der Waals surface area contributed by atoms with Crippen LogP contribution in [0.3, 0.4) is 0 Å². The van der Waals surface area contributed by atoms with Gasteiger partial charge in [-0.1, -0.05) is 133 Å². The van der Waals surface area contributed by atoms with Gasteiger partial charge in [0.05, 0.1) is 6.15 Å². The van der Waals surface area contributed by atoms with Crippen molar-refractivity contribution in [2.45, 2.75) is 105 Å². The molecule has 0 aliphatic rings. The summed E-state index contributed by atoms with van der Waals surface area (Å²) >= 11 is 0. The van der Waals surface area contributed by atoms with Crippen LogP contribution < -0.4 is 16.4 Å². The van der Waals surface area contributed by atoms with Crippen molar-refractivity contribution >= 4 is 22.5 Å². The van der Waals surface area contributed by atoms with Gasteiger partial charge in [0.1, 0.15) is 0 Å². The molecule has 0 bridgehead atoms. The normalized spacial score (nSPS) is 11.7. The van der Waals surface area contributed by atoms with Crippen LogP contribution in [0.4, 0.5) is 0 Å². The van der Waals surface area contributed by atoms with E-state index in [2.05, 4.69) is 100 Å². The van der Waals surface area contributed by atoms with Gasteiger partial charge in [0.2, 0.25) is 0 Å². The molecular weight excluding hydrogens is 419 g/mol. The smallest absolute Gasteiger partial charge is 0.0814 e. The van der Waals surface area contributed by atoms with Crippen molar-refractivity contribution in [3.05, 3.63) is 89.5 Å². The topological polar surface area (TPSA) is 0 Å². The van der Waals surface area contributed by atoms with Crippen LogP contribution in [0.2, 0.25) is 6.32 Å². The van der Waals surface area contributed by atoms with E-state index in [4.69, 9.17) is 0 Å². The molecule has 0 aliphatic carbocycles. The van der Waals surface area contributed by atoms with E-state index < -0.39 is 6.15 Å². The molecule has 0 heterocycles. The van der Waals surface area contributed by atoms with Crippen LogP contribution in [0.15, 0.2) is 72.8 Å². The van der Waals surface area contributed by atoms with Crippen molar-refractivity contribution in [3.8, 4) is 0 Å². The third kappa shape index (κ3) is 7.12. The zero-order chi connectivity index (χ0) is 24.9. The third-order valence-electron chi connectivity index (χ3n) is 8.09. The first kappa shape index (κ1) is 27.3. The summed E-state index contributed by atoms with van der Waals surface area (Å²) in [5, 5.41) is 0. The minimum atomic E-state index is -1.01. The van der Waals surface area contributed by atoms with E-state index >= 15 is 0 Å². The maximum absolute atomic E-state index is 2.46. The molecule has 0 saturated carbocycles. The second kappa shape index (κ2) is 14.3. The maximum Gasteiger partial charge on any atom is 0.0814 e. The molecule has 0 saturated heterocycles. The highest BCUT2D eigenvalue weighted by atomic mass is 14.1. The quantitative estimate of drug-likeness (QED) is 0.199. The first-order chi connectivity index (χ1) is 17.2. The lowest BCUT2D eigenvalue weighted by atomic mass is 9.14. The van der Waals surface area contributed by atoms with E-state index in [0.29, 0.717) is 0 Å². The Morgan fingerprint density at radius 2 is 0.686 bits per heavy atom. The molecule has 0 radical (unpaired) electrons. The summed E-state index contributed by atoms with van der Waals surface area (Å²) in [6.45, 7) is 9.17. The second-order valence-corrected chi connectivity index (χ2v) is 10.7. The molecule has 0 amide bonds. The number of rotatable bonds is 15. The summed E-state index contributed by atoms with van der Waals surface area (Å²) in [6, 6.07) is 29.1. The summed E-state index contributed by atoms with van der Waals surface area (Å²) in [5.41, 5.74) is 8.92. The van der Waals surface area contributed by atoms with Gasteiger partial charge in [-0.05, 0) is 55.2 Å². The standard InChI is InChI=1S/C34H48B/c1-5-9-13-29-16-22-32(23-17-29)35(28-12-8-4,33-24-18-30(19-25-33)14-10-6-2)34-26-20-31(21-27-34)15-11-7-3/h16-27H,5-15,28H2,1-4H3/q-1. The first-order valence-corrected chi connectivity index (χ1v) is 14.6. The van der Waals surface area contributed by atoms with Crippen LogP contribution in [0.1, 0.15) is 95.8 Å². The van der Waals surface area contributed by atoms with Crippen molar-refractivity contribution in [3.63, 3.8) is 0 Å². The van der Waals surface area contributed by atoms with Crippen molar-refractivity contribution in [1.82, 2.24) is 0 Å². The highest BCUT2D eigenvalue weighted by molar-refractivity contribution is 7.11. The molecule has 0 aliphatic heterocycles. The summed E-state index contributed by atoms with van der Waals surface area (Å²) in [4.78, 5) is 0. The molecule has 3 rings (SSSR count). The SMILES string of the molecule is CCCCc1ccc([B-](CCCC)(c2ccc(CCCC)cc2)c2ccc(CCCC)cc2)cc1. The third-order valence-corrected chi connectivity index (χ3v) is 8.09. The predicted octanol–water partition coefficient (Wildman–Crippen LogP) is 7.98. The van der Waals surface area contributed by atoms with Crippen LogP contribution in [0.25, 0.3) is 0 Å². The highest BCUT2D eigenvalue weighted by Crippen LogP contribution is 2.19. The predicted molar refractivity (Wildman–Crippen MR) is 160 cm³/mol. The fourth-order valence-corrected chi connectivity index (χ4v) is 5.77. The highest BCUT2D eigenvalue weighted by Gasteiger charge is 2.29. The summed E-state index contributed by atoms with van der Waals surface area (Å²) < 4.78 is 0. The Kier molecular flexibility index (Phi) is 11.2. The van der Waals surface area contributed by atoms with Gasteiger partial charge in [-0.25, -0.2) is 0 Å². The Balaban J connectivity index is 2.10. The van der Waals surface area contributed by atoms with Crippen LogP contribution in [-0.4, -0.2) is 6.15 Å². The van der Waals surface area contributed by atoms with E-state index in [0.717, 1.165) is 0 Å². The number of hydrogen-bond acceptors (Lipinski definition) is 0. The van der Waals surface area contributed by atoms with Crippen LogP contribution in [0, 0.1) is 0 Å². The number of aryl methyl sites for hydroxylation is 3. The Morgan fingerprint density at radius 1 is 0.400 bits per heavy atom. The average molecular weight is 468 g/mol. The minimum absolute atomic E-state index is 1.01. The molecule has 0 fully saturated rings. The molecule has 1 heteroatoms. The van der Waals surface area contributed by atoms with E-state index in [-0.39, 0.29) is 0 Å². The number of benzene rings is 3. The van der Waals surface area contributed by atoms with Crippen molar-refractivity contribution in [2.75, 3.05) is 0 Å². The largest absolute Gasteiger partial charge is 0.200 e. The molecule has 0 nitrogen and oxygen atoms in total. The Morgan fingerprint density at radius 3 is 0.943 bits per heavy atom. The van der Waals surface area contributed by atoms with Gasteiger partial charge in [-0.2, -0.15) is 22.7 Å². The van der Waals surface area contributed by atoms with E-state index in [9.17, 15) is 0 Å². The molecule has 0 aromatic heterocycles. The van der Waals surface area contributed by atoms with E-state index in [1.54, 1.807) is 0 Å². The second-order valence-electron chi connectivity index (χ2n) is 10.7. The molecule has 0 atom stereocenters. The molecule has 3 aromatic carbocycles. The maximum atomic E-state index is 2.46. The Bertz CT molecular complexity index is 841. The Labute approximate surface area is 216 Å². The first-order valence-electron chi connectivity index (χ1n) is 14.6. The lowest BCUT2D eigenvalue weighted by Gasteiger charge is -2.43. The molecule has 188 valence electrons. The van der Waals surface area contributed by atoms with Crippen molar-refractivity contribution in [2.24, 2.45) is 0 Å². The van der Waals surface area contributed by atoms with Crippen molar-refractivity contribution < 1.29 is 0 Å². The molecule has 3 aromatic rings. The zero-order valence-corrected chi connectivity index (χ0v) is 23.0. The number of unbranched alkanes of at least 4 members (excludes halogenated alkanes) is 4. The fourth-order valence-electron chi connectivity index (χ4n) is 5.77. The summed E-state index contributed by atoms with van der Waals surface area (Å²) in [5.74, 6) is 0. The van der Waals surface area contributed by atoms with Gasteiger partial charge >= 0.3 is 0 Å². The van der Waals surface area contributed by atoms with Crippen LogP contribution >= 0.6 is 0 Å². The molecular formula is C34H48B-. The Hall–Kier alpha value is -2.28. The molecule has 35 heavy (non-hydrogen) atoms. The molecule has 0 spiro atoms. The van der Waals surface area contributed by atoms with Gasteiger partial charge in [-0.3, -0.25) is 0 Å². The van der Waals surface area contributed by atoms with Crippen LogP contribution in [-0.2, 0) is 19.3 Å². The number of hydrogen-bond donors (Lipinski definition) is 0. The lowest BCUT2D eigenvalue weighted by Crippen LogP contribution is -2.67. The summed E-state index contributed by atoms with van der Waals surface area (Å²) in [7, 11) is 0. The molecule has 0 unspecified atom stereocenters. The van der Waals surface area contributed by atoms with E-state index in [1.165, 1.54) is 110 Å². The van der Waals surface area contributed by atoms with Gasteiger partial charge < -0.3 is 0 Å².